The van der Waals surface area contributed by atoms with Crippen molar-refractivity contribution in [2.75, 3.05) is 32.6 Å². The van der Waals surface area contributed by atoms with Gasteiger partial charge < -0.3 is 14.8 Å². The van der Waals surface area contributed by atoms with E-state index in [0.717, 1.165) is 54.3 Å². The lowest BCUT2D eigenvalue weighted by atomic mass is 10.1. The van der Waals surface area contributed by atoms with E-state index in [4.69, 9.17) is 14.5 Å². The monoisotopic (exact) mass is 411 g/mol. The molecule has 3 atom stereocenters. The van der Waals surface area contributed by atoms with E-state index in [0.29, 0.717) is 18.6 Å². The molecular formula is C25H37N3O2. The minimum atomic E-state index is 0.647. The molecule has 2 aromatic rings. The van der Waals surface area contributed by atoms with E-state index in [-0.39, 0.29) is 0 Å². The first-order valence-corrected chi connectivity index (χ1v) is 11.6. The van der Waals surface area contributed by atoms with Crippen LogP contribution < -0.4 is 14.8 Å². The third-order valence-electron chi connectivity index (χ3n) is 7.04. The Balaban J connectivity index is 1.51. The molecule has 5 nitrogen and oxygen atoms in total. The molecule has 2 heterocycles. The van der Waals surface area contributed by atoms with Crippen molar-refractivity contribution in [2.45, 2.75) is 71.4 Å². The molecule has 5 heteroatoms. The number of likely N-dealkylation sites (tertiary alicyclic amines) is 1. The Bertz CT molecular complexity index is 898. The molecule has 164 valence electrons. The van der Waals surface area contributed by atoms with Crippen LogP contribution in [0, 0.1) is 5.92 Å². The van der Waals surface area contributed by atoms with E-state index >= 15 is 0 Å². The van der Waals surface area contributed by atoms with Gasteiger partial charge in [-0.2, -0.15) is 0 Å². The molecule has 1 aromatic carbocycles. The molecule has 0 spiro atoms. The molecule has 1 aliphatic carbocycles. The van der Waals surface area contributed by atoms with Crippen LogP contribution in [-0.4, -0.2) is 49.3 Å². The fraction of sp³-hybridized carbons (Fsp3) is 0.640. The van der Waals surface area contributed by atoms with Crippen molar-refractivity contribution < 1.29 is 9.47 Å². The van der Waals surface area contributed by atoms with Gasteiger partial charge in [0, 0.05) is 48.5 Å². The Morgan fingerprint density at radius 3 is 2.73 bits per heavy atom. The predicted molar refractivity (Wildman–Crippen MR) is 124 cm³/mol. The molecule has 0 amide bonds. The fourth-order valence-electron chi connectivity index (χ4n) is 5.45. The zero-order chi connectivity index (χ0) is 21.3. The van der Waals surface area contributed by atoms with Gasteiger partial charge in [-0.1, -0.05) is 13.8 Å². The Morgan fingerprint density at radius 1 is 1.17 bits per heavy atom. The summed E-state index contributed by atoms with van der Waals surface area (Å²) in [6, 6.07) is 5.58. The highest BCUT2D eigenvalue weighted by Crippen LogP contribution is 2.40. The lowest BCUT2D eigenvalue weighted by molar-refractivity contribution is 0.178. The first-order chi connectivity index (χ1) is 14.5. The molecule has 0 bridgehead atoms. The van der Waals surface area contributed by atoms with E-state index in [9.17, 15) is 0 Å². The number of ether oxygens (including phenoxy) is 2. The van der Waals surface area contributed by atoms with Gasteiger partial charge in [0.1, 0.15) is 0 Å². The van der Waals surface area contributed by atoms with E-state index < -0.39 is 0 Å². The van der Waals surface area contributed by atoms with Gasteiger partial charge in [0.2, 0.25) is 0 Å². The van der Waals surface area contributed by atoms with Gasteiger partial charge in [0.25, 0.3) is 0 Å². The summed E-state index contributed by atoms with van der Waals surface area (Å²) in [6.07, 6.45) is 7.06. The van der Waals surface area contributed by atoms with Gasteiger partial charge in [-0.3, -0.25) is 9.88 Å². The number of nitrogens with one attached hydrogen (secondary N) is 1. The Morgan fingerprint density at radius 2 is 2.00 bits per heavy atom. The summed E-state index contributed by atoms with van der Waals surface area (Å²) in [5, 5.41) is 4.53. The molecule has 1 aromatic heterocycles. The number of methoxy groups -OCH3 is 1. The van der Waals surface area contributed by atoms with Crippen molar-refractivity contribution in [3.8, 4) is 11.5 Å². The van der Waals surface area contributed by atoms with Crippen molar-refractivity contribution >= 4 is 16.6 Å². The lowest BCUT2D eigenvalue weighted by Gasteiger charge is -2.27. The van der Waals surface area contributed by atoms with E-state index in [1.165, 1.54) is 36.2 Å². The molecule has 1 N–H and O–H groups in total. The molecule has 0 saturated carbocycles. The number of aromatic nitrogens is 1. The summed E-state index contributed by atoms with van der Waals surface area (Å²) >= 11 is 0. The van der Waals surface area contributed by atoms with Crippen LogP contribution in [0.5, 0.6) is 11.5 Å². The molecular weight excluding hydrogens is 374 g/mol. The van der Waals surface area contributed by atoms with Crippen molar-refractivity contribution in [2.24, 2.45) is 5.92 Å². The van der Waals surface area contributed by atoms with Gasteiger partial charge in [0.15, 0.2) is 11.5 Å². The standard InChI is InChI=1S/C25H37N3O2/c1-6-18-9-8-17(3)28(18)10-7-11-30-24-15-22-20(14-23(24)29-5)25(26-4)19-12-16(2)13-21(19)27-22/h14-18H,6-13H2,1-5H3,(H,26,27). The number of fused-ring (bicyclic) bond motifs is 2. The first-order valence-electron chi connectivity index (χ1n) is 11.6. The lowest BCUT2D eigenvalue weighted by Crippen LogP contribution is -2.35. The van der Waals surface area contributed by atoms with Crippen LogP contribution in [0.25, 0.3) is 10.9 Å². The highest BCUT2D eigenvalue weighted by Gasteiger charge is 2.28. The second-order valence-corrected chi connectivity index (χ2v) is 9.12. The average Bonchev–Trinajstić information content (AvgIpc) is 3.29. The van der Waals surface area contributed by atoms with Crippen LogP contribution in [0.4, 0.5) is 5.69 Å². The van der Waals surface area contributed by atoms with Crippen LogP contribution in [0.1, 0.15) is 57.7 Å². The predicted octanol–water partition coefficient (Wildman–Crippen LogP) is 5.05. The highest BCUT2D eigenvalue weighted by atomic mass is 16.5. The van der Waals surface area contributed by atoms with Gasteiger partial charge in [-0.25, -0.2) is 0 Å². The Labute approximate surface area is 181 Å². The quantitative estimate of drug-likeness (QED) is 0.616. The smallest absolute Gasteiger partial charge is 0.163 e. The maximum absolute atomic E-state index is 6.20. The van der Waals surface area contributed by atoms with Gasteiger partial charge in [0.05, 0.1) is 19.2 Å². The summed E-state index contributed by atoms with van der Waals surface area (Å²) < 4.78 is 11.9. The highest BCUT2D eigenvalue weighted by molar-refractivity contribution is 5.95. The first kappa shape index (κ1) is 21.2. The minimum absolute atomic E-state index is 0.647. The fourth-order valence-corrected chi connectivity index (χ4v) is 5.45. The zero-order valence-electron chi connectivity index (χ0n) is 19.3. The number of anilines is 1. The maximum atomic E-state index is 6.20. The molecule has 1 fully saturated rings. The molecule has 1 aliphatic heterocycles. The van der Waals surface area contributed by atoms with Crippen molar-refractivity contribution in [3.05, 3.63) is 23.4 Å². The van der Waals surface area contributed by atoms with Gasteiger partial charge >= 0.3 is 0 Å². The topological polar surface area (TPSA) is 46.6 Å². The Hall–Kier alpha value is -2.01. The van der Waals surface area contributed by atoms with Crippen LogP contribution in [0.3, 0.4) is 0 Å². The summed E-state index contributed by atoms with van der Waals surface area (Å²) in [4.78, 5) is 7.65. The maximum Gasteiger partial charge on any atom is 0.163 e. The molecule has 0 radical (unpaired) electrons. The van der Waals surface area contributed by atoms with Crippen LogP contribution in [-0.2, 0) is 12.8 Å². The van der Waals surface area contributed by atoms with Crippen molar-refractivity contribution in [3.63, 3.8) is 0 Å². The van der Waals surface area contributed by atoms with E-state index in [1.54, 1.807) is 7.11 Å². The molecule has 4 rings (SSSR count). The second kappa shape index (κ2) is 9.01. The zero-order valence-corrected chi connectivity index (χ0v) is 19.3. The van der Waals surface area contributed by atoms with Gasteiger partial charge in [-0.05, 0) is 63.0 Å². The van der Waals surface area contributed by atoms with Crippen LogP contribution >= 0.6 is 0 Å². The second-order valence-electron chi connectivity index (χ2n) is 9.12. The molecule has 3 unspecified atom stereocenters. The van der Waals surface area contributed by atoms with Crippen molar-refractivity contribution in [1.82, 2.24) is 9.88 Å². The third kappa shape index (κ3) is 3.96. The SMILES string of the molecule is CCC1CCC(C)N1CCCOc1cc2nc3c(c(NC)c2cc1OC)CC(C)C3. The van der Waals surface area contributed by atoms with Crippen molar-refractivity contribution in [1.29, 1.82) is 0 Å². The van der Waals surface area contributed by atoms with E-state index in [1.807, 2.05) is 7.05 Å². The summed E-state index contributed by atoms with van der Waals surface area (Å²) in [5.41, 5.74) is 4.77. The minimum Gasteiger partial charge on any atom is -0.493 e. The summed E-state index contributed by atoms with van der Waals surface area (Å²) in [5.74, 6) is 2.23. The molecule has 2 aliphatic rings. The third-order valence-corrected chi connectivity index (χ3v) is 7.04. The Kier molecular flexibility index (Phi) is 6.37. The number of rotatable bonds is 8. The average molecular weight is 412 g/mol. The number of benzene rings is 1. The van der Waals surface area contributed by atoms with Crippen LogP contribution in [0.2, 0.25) is 0 Å². The number of nitrogens with zero attached hydrogens (tertiary/aromatic N) is 2. The number of hydrogen-bond donors (Lipinski definition) is 1. The molecule has 30 heavy (non-hydrogen) atoms. The largest absolute Gasteiger partial charge is 0.493 e. The summed E-state index contributed by atoms with van der Waals surface area (Å²) in [6.45, 7) is 8.75. The van der Waals surface area contributed by atoms with Gasteiger partial charge in [-0.15, -0.1) is 0 Å². The van der Waals surface area contributed by atoms with E-state index in [2.05, 4.69) is 43.1 Å². The summed E-state index contributed by atoms with van der Waals surface area (Å²) in [7, 11) is 3.71. The number of pyridine rings is 1. The van der Waals surface area contributed by atoms with Crippen LogP contribution in [0.15, 0.2) is 12.1 Å². The number of hydrogen-bond acceptors (Lipinski definition) is 5. The molecule has 1 saturated heterocycles. The normalized spacial score (nSPS) is 23.7.